The average molecular weight is 339 g/mol. The number of ether oxygens (including phenoxy) is 1. The van der Waals surface area contributed by atoms with Gasteiger partial charge >= 0.3 is 6.36 Å². The average Bonchev–Trinajstić information content (AvgIpc) is 2.89. The van der Waals surface area contributed by atoms with Gasteiger partial charge < -0.3 is 4.74 Å². The third kappa shape index (κ3) is 3.56. The number of rotatable bonds is 4. The molecule has 0 radical (unpaired) electrons. The lowest BCUT2D eigenvalue weighted by molar-refractivity contribution is -0.275. The first-order chi connectivity index (χ1) is 11.3. The number of aromatic nitrogens is 2. The molecule has 0 N–H and O–H groups in total. The Balaban J connectivity index is 1.80. The van der Waals surface area contributed by atoms with Crippen molar-refractivity contribution in [2.24, 2.45) is 7.05 Å². The highest BCUT2D eigenvalue weighted by atomic mass is 19.4. The first-order valence-electron chi connectivity index (χ1n) is 7.90. The fourth-order valence-electron chi connectivity index (χ4n) is 3.38. The van der Waals surface area contributed by atoms with Crippen molar-refractivity contribution in [3.8, 4) is 5.75 Å². The van der Waals surface area contributed by atoms with Gasteiger partial charge in [0.1, 0.15) is 5.75 Å². The predicted octanol–water partition coefficient (Wildman–Crippen LogP) is 3.83. The summed E-state index contributed by atoms with van der Waals surface area (Å²) in [6, 6.07) is 6.45. The maximum Gasteiger partial charge on any atom is 0.573 e. The van der Waals surface area contributed by atoms with E-state index in [1.807, 2.05) is 25.0 Å². The highest BCUT2D eigenvalue weighted by molar-refractivity contribution is 5.34. The lowest BCUT2D eigenvalue weighted by Crippen LogP contribution is -2.28. The summed E-state index contributed by atoms with van der Waals surface area (Å²) in [5.41, 5.74) is 2.90. The van der Waals surface area contributed by atoms with Gasteiger partial charge in [0.05, 0.1) is 6.20 Å². The van der Waals surface area contributed by atoms with E-state index in [0.29, 0.717) is 12.1 Å². The van der Waals surface area contributed by atoms with Crippen LogP contribution in [0.3, 0.4) is 0 Å². The maximum absolute atomic E-state index is 12.6. The van der Waals surface area contributed by atoms with E-state index in [1.165, 1.54) is 17.3 Å². The number of hydrogen-bond acceptors (Lipinski definition) is 3. The summed E-state index contributed by atoms with van der Waals surface area (Å²) in [4.78, 5) is 2.07. The van der Waals surface area contributed by atoms with Crippen LogP contribution in [-0.4, -0.2) is 28.1 Å². The summed E-state index contributed by atoms with van der Waals surface area (Å²) in [5, 5.41) is 4.32. The van der Waals surface area contributed by atoms with Crippen molar-refractivity contribution >= 4 is 0 Å². The lowest BCUT2D eigenvalue weighted by atomic mass is 9.91. The predicted molar refractivity (Wildman–Crippen MR) is 83.5 cm³/mol. The second-order valence-electron chi connectivity index (χ2n) is 6.15. The Labute approximate surface area is 138 Å². The van der Waals surface area contributed by atoms with Gasteiger partial charge in [-0.25, -0.2) is 0 Å². The van der Waals surface area contributed by atoms with E-state index < -0.39 is 6.36 Å². The molecule has 3 rings (SSSR count). The van der Waals surface area contributed by atoms with Crippen LogP contribution in [0, 0.1) is 0 Å². The fourth-order valence-corrected chi connectivity index (χ4v) is 3.38. The van der Waals surface area contributed by atoms with Gasteiger partial charge in [-0.05, 0) is 32.4 Å². The van der Waals surface area contributed by atoms with Crippen LogP contribution in [0.1, 0.15) is 35.7 Å². The molecule has 4 nitrogen and oxygen atoms in total. The highest BCUT2D eigenvalue weighted by Gasteiger charge is 2.32. The minimum Gasteiger partial charge on any atom is -0.405 e. The number of hydrogen-bond donors (Lipinski definition) is 0. The summed E-state index contributed by atoms with van der Waals surface area (Å²) in [6.45, 7) is 0.380. The van der Waals surface area contributed by atoms with Crippen molar-refractivity contribution < 1.29 is 17.9 Å². The molecule has 0 saturated heterocycles. The molecule has 0 saturated carbocycles. The number of benzene rings is 1. The molecule has 0 spiro atoms. The van der Waals surface area contributed by atoms with Gasteiger partial charge in [0.15, 0.2) is 0 Å². The molecule has 1 aromatic heterocycles. The largest absolute Gasteiger partial charge is 0.573 e. The topological polar surface area (TPSA) is 30.3 Å². The fraction of sp³-hybridized carbons (Fsp3) is 0.471. The molecule has 1 aromatic carbocycles. The Bertz CT molecular complexity index is 711. The van der Waals surface area contributed by atoms with Crippen molar-refractivity contribution in [1.82, 2.24) is 14.7 Å². The van der Waals surface area contributed by atoms with Crippen LogP contribution in [0.5, 0.6) is 5.75 Å². The summed E-state index contributed by atoms with van der Waals surface area (Å²) in [7, 11) is 3.85. The van der Waals surface area contributed by atoms with Crippen LogP contribution >= 0.6 is 0 Å². The molecule has 1 heterocycles. The zero-order valence-electron chi connectivity index (χ0n) is 13.7. The second-order valence-corrected chi connectivity index (χ2v) is 6.15. The quantitative estimate of drug-likeness (QED) is 0.848. The molecule has 7 heteroatoms. The standard InChI is InChI=1S/C17H20F3N3O/c1-22(14-7-5-8-15-13(14)10-21-23(15)2)11-12-6-3-4-9-16(12)24-17(18,19)20/h3-4,6,9-10,14H,5,7-8,11H2,1-2H3. The van der Waals surface area contributed by atoms with Crippen molar-refractivity contribution in [2.75, 3.05) is 7.05 Å². The van der Waals surface area contributed by atoms with Gasteiger partial charge in [-0.2, -0.15) is 5.10 Å². The van der Waals surface area contributed by atoms with Crippen molar-refractivity contribution in [3.63, 3.8) is 0 Å². The van der Waals surface area contributed by atoms with Gasteiger partial charge in [0, 0.05) is 36.5 Å². The Morgan fingerprint density at radius 3 is 2.83 bits per heavy atom. The van der Waals surface area contributed by atoms with Gasteiger partial charge in [-0.1, -0.05) is 18.2 Å². The molecule has 24 heavy (non-hydrogen) atoms. The van der Waals surface area contributed by atoms with Crippen LogP contribution in [0.25, 0.3) is 0 Å². The molecule has 0 bridgehead atoms. The zero-order chi connectivity index (χ0) is 17.3. The van der Waals surface area contributed by atoms with E-state index in [-0.39, 0.29) is 11.8 Å². The van der Waals surface area contributed by atoms with Crippen LogP contribution in [0.2, 0.25) is 0 Å². The van der Waals surface area contributed by atoms with Gasteiger partial charge in [-0.3, -0.25) is 9.58 Å². The third-order valence-electron chi connectivity index (χ3n) is 4.49. The number of aryl methyl sites for hydroxylation is 1. The molecular weight excluding hydrogens is 319 g/mol. The third-order valence-corrected chi connectivity index (χ3v) is 4.49. The Kier molecular flexibility index (Phi) is 4.54. The summed E-state index contributed by atoms with van der Waals surface area (Å²) in [6.07, 6.45) is 0.188. The molecule has 0 aliphatic heterocycles. The van der Waals surface area contributed by atoms with E-state index in [4.69, 9.17) is 0 Å². The number of para-hydroxylation sites is 1. The minimum absolute atomic E-state index is 0.140. The summed E-state index contributed by atoms with van der Waals surface area (Å²) < 4.78 is 43.7. The monoisotopic (exact) mass is 339 g/mol. The van der Waals surface area contributed by atoms with Gasteiger partial charge in [0.2, 0.25) is 0 Å². The van der Waals surface area contributed by atoms with E-state index in [2.05, 4.69) is 14.7 Å². The van der Waals surface area contributed by atoms with Crippen molar-refractivity contribution in [1.29, 1.82) is 0 Å². The van der Waals surface area contributed by atoms with Crippen molar-refractivity contribution in [2.45, 2.75) is 38.2 Å². The molecule has 2 aromatic rings. The van der Waals surface area contributed by atoms with E-state index in [1.54, 1.807) is 18.2 Å². The summed E-state index contributed by atoms with van der Waals surface area (Å²) >= 11 is 0. The highest BCUT2D eigenvalue weighted by Crippen LogP contribution is 2.35. The molecule has 1 aliphatic rings. The molecule has 1 atom stereocenters. The van der Waals surface area contributed by atoms with Gasteiger partial charge in [-0.15, -0.1) is 13.2 Å². The molecule has 0 fully saturated rings. The molecular formula is C17H20F3N3O. The molecule has 0 amide bonds. The first-order valence-corrected chi connectivity index (χ1v) is 7.90. The van der Waals surface area contributed by atoms with Crippen LogP contribution in [0.4, 0.5) is 13.2 Å². The lowest BCUT2D eigenvalue weighted by Gasteiger charge is -2.32. The van der Waals surface area contributed by atoms with Crippen molar-refractivity contribution in [3.05, 3.63) is 47.3 Å². The number of alkyl halides is 3. The zero-order valence-corrected chi connectivity index (χ0v) is 13.7. The molecule has 1 aliphatic carbocycles. The number of halogens is 3. The summed E-state index contributed by atoms with van der Waals surface area (Å²) in [5.74, 6) is -0.140. The van der Waals surface area contributed by atoms with E-state index >= 15 is 0 Å². The maximum atomic E-state index is 12.6. The first kappa shape index (κ1) is 16.8. The number of fused-ring (bicyclic) bond motifs is 1. The smallest absolute Gasteiger partial charge is 0.405 e. The van der Waals surface area contributed by atoms with Crippen LogP contribution in [-0.2, 0) is 20.0 Å². The molecule has 130 valence electrons. The van der Waals surface area contributed by atoms with Gasteiger partial charge in [0.25, 0.3) is 0 Å². The second kappa shape index (κ2) is 6.47. The Morgan fingerprint density at radius 1 is 1.33 bits per heavy atom. The Hall–Kier alpha value is -2.02. The number of nitrogens with zero attached hydrogens (tertiary/aromatic N) is 3. The van der Waals surface area contributed by atoms with E-state index in [0.717, 1.165) is 19.3 Å². The SMILES string of the molecule is CN(Cc1ccccc1OC(F)(F)F)C1CCCc2c1cnn2C. The van der Waals surface area contributed by atoms with E-state index in [9.17, 15) is 13.2 Å². The van der Waals surface area contributed by atoms with Crippen LogP contribution in [0.15, 0.2) is 30.5 Å². The molecule has 1 unspecified atom stereocenters. The van der Waals surface area contributed by atoms with Crippen LogP contribution < -0.4 is 4.74 Å². The minimum atomic E-state index is -4.68. The normalized spacial score (nSPS) is 17.8. The Morgan fingerprint density at radius 2 is 2.08 bits per heavy atom.